The van der Waals surface area contributed by atoms with Crippen LogP contribution in [0.2, 0.25) is 0 Å². The molecule has 2 aromatic carbocycles. The molecule has 1 N–H and O–H groups in total. The third kappa shape index (κ3) is 7.32. The number of nitrogens with one attached hydrogen (secondary N) is 1. The average molecular weight is 369 g/mol. The van der Waals surface area contributed by atoms with Gasteiger partial charge in [0.25, 0.3) is 0 Å². The van der Waals surface area contributed by atoms with Crippen LogP contribution in [-0.4, -0.2) is 30.9 Å². The molecule has 0 aromatic heterocycles. The third-order valence-corrected chi connectivity index (χ3v) is 3.65. The standard InChI is InChI=1S/C21H23NO5/c1-2-6-20(24)22-17-11-9-16(10-12-17)19(23)15-27-21(25)13-14-26-18-7-4-3-5-8-18/h3-5,7-12H,2,6,13-15H2,1H3,(H,22,24). The number of hydrogen-bond donors (Lipinski definition) is 1. The first-order chi connectivity index (χ1) is 13.1. The highest BCUT2D eigenvalue weighted by atomic mass is 16.5. The normalized spacial score (nSPS) is 10.1. The third-order valence-electron chi connectivity index (χ3n) is 3.65. The quantitative estimate of drug-likeness (QED) is 0.511. The summed E-state index contributed by atoms with van der Waals surface area (Å²) in [5.41, 5.74) is 1.04. The highest BCUT2D eigenvalue weighted by Crippen LogP contribution is 2.11. The summed E-state index contributed by atoms with van der Waals surface area (Å²) in [6.45, 7) is 1.78. The predicted molar refractivity (Wildman–Crippen MR) is 102 cm³/mol. The molecule has 2 aromatic rings. The van der Waals surface area contributed by atoms with Crippen LogP contribution in [0.4, 0.5) is 5.69 Å². The van der Waals surface area contributed by atoms with Crippen LogP contribution >= 0.6 is 0 Å². The molecule has 27 heavy (non-hydrogen) atoms. The summed E-state index contributed by atoms with van der Waals surface area (Å²) < 4.78 is 10.4. The number of esters is 1. The minimum absolute atomic E-state index is 0.0601. The lowest BCUT2D eigenvalue weighted by Gasteiger charge is -2.07. The van der Waals surface area contributed by atoms with E-state index in [2.05, 4.69) is 5.32 Å². The lowest BCUT2D eigenvalue weighted by Crippen LogP contribution is -2.16. The molecule has 0 unspecified atom stereocenters. The summed E-state index contributed by atoms with van der Waals surface area (Å²) in [6.07, 6.45) is 1.28. The maximum Gasteiger partial charge on any atom is 0.309 e. The average Bonchev–Trinajstić information content (AvgIpc) is 2.68. The molecule has 2 rings (SSSR count). The number of rotatable bonds is 10. The summed E-state index contributed by atoms with van der Waals surface area (Å²) in [5.74, 6) is -0.197. The van der Waals surface area contributed by atoms with Crippen LogP contribution in [0.25, 0.3) is 0 Å². The van der Waals surface area contributed by atoms with Crippen LogP contribution in [0.3, 0.4) is 0 Å². The number of carbonyl (C=O) groups is 3. The Hall–Kier alpha value is -3.15. The molecular weight excluding hydrogens is 346 g/mol. The molecule has 142 valence electrons. The van der Waals surface area contributed by atoms with E-state index in [1.54, 1.807) is 36.4 Å². The molecule has 0 saturated heterocycles. The minimum atomic E-state index is -0.497. The zero-order valence-corrected chi connectivity index (χ0v) is 15.3. The van der Waals surface area contributed by atoms with E-state index in [1.165, 1.54) is 0 Å². The van der Waals surface area contributed by atoms with Crippen molar-refractivity contribution in [2.24, 2.45) is 0 Å². The molecule has 0 atom stereocenters. The van der Waals surface area contributed by atoms with Gasteiger partial charge in [0.1, 0.15) is 5.75 Å². The highest BCUT2D eigenvalue weighted by molar-refractivity contribution is 5.98. The van der Waals surface area contributed by atoms with Crippen LogP contribution < -0.4 is 10.1 Å². The Balaban J connectivity index is 1.71. The molecule has 0 aliphatic rings. The maximum atomic E-state index is 12.1. The second-order valence-corrected chi connectivity index (χ2v) is 5.87. The molecule has 0 aliphatic heterocycles. The zero-order valence-electron chi connectivity index (χ0n) is 15.3. The van der Waals surface area contributed by atoms with Gasteiger partial charge in [0.15, 0.2) is 12.4 Å². The smallest absolute Gasteiger partial charge is 0.309 e. The van der Waals surface area contributed by atoms with Gasteiger partial charge in [0.05, 0.1) is 13.0 Å². The Morgan fingerprint density at radius 3 is 2.30 bits per heavy atom. The van der Waals surface area contributed by atoms with Gasteiger partial charge >= 0.3 is 5.97 Å². The fourth-order valence-corrected chi connectivity index (χ4v) is 2.26. The second kappa shape index (κ2) is 10.8. The Bertz CT molecular complexity index is 756. The first-order valence-electron chi connectivity index (χ1n) is 8.85. The molecule has 0 bridgehead atoms. The Morgan fingerprint density at radius 1 is 0.926 bits per heavy atom. The second-order valence-electron chi connectivity index (χ2n) is 5.87. The molecule has 1 amide bonds. The van der Waals surface area contributed by atoms with E-state index in [0.717, 1.165) is 6.42 Å². The van der Waals surface area contributed by atoms with Crippen molar-refractivity contribution in [3.63, 3.8) is 0 Å². The first kappa shape index (κ1) is 20.2. The van der Waals surface area contributed by atoms with E-state index in [-0.39, 0.29) is 31.3 Å². The summed E-state index contributed by atoms with van der Waals surface area (Å²) >= 11 is 0. The Kier molecular flexibility index (Phi) is 8.03. The van der Waals surface area contributed by atoms with Gasteiger partial charge in [-0.15, -0.1) is 0 Å². The maximum absolute atomic E-state index is 12.1. The number of hydrogen-bond acceptors (Lipinski definition) is 5. The molecule has 0 aliphatic carbocycles. The van der Waals surface area contributed by atoms with Crippen molar-refractivity contribution in [3.8, 4) is 5.75 Å². The number of carbonyl (C=O) groups excluding carboxylic acids is 3. The fraction of sp³-hybridized carbons (Fsp3) is 0.286. The summed E-state index contributed by atoms with van der Waals surface area (Å²) in [6, 6.07) is 15.6. The molecule has 0 radical (unpaired) electrons. The van der Waals surface area contributed by atoms with Crippen LogP contribution in [0.5, 0.6) is 5.75 Å². The summed E-state index contributed by atoms with van der Waals surface area (Å²) in [5, 5.41) is 2.75. The number of ketones is 1. The van der Waals surface area contributed by atoms with Crippen LogP contribution in [0, 0.1) is 0 Å². The van der Waals surface area contributed by atoms with Crippen molar-refractivity contribution < 1.29 is 23.9 Å². The van der Waals surface area contributed by atoms with E-state index in [0.29, 0.717) is 23.4 Å². The van der Waals surface area contributed by atoms with Crippen LogP contribution in [0.15, 0.2) is 54.6 Å². The van der Waals surface area contributed by atoms with Crippen molar-refractivity contribution in [2.45, 2.75) is 26.2 Å². The molecule has 6 nitrogen and oxygen atoms in total. The monoisotopic (exact) mass is 369 g/mol. The number of benzene rings is 2. The number of anilines is 1. The summed E-state index contributed by atoms with van der Waals surface area (Å²) in [4.78, 5) is 35.3. The van der Waals surface area contributed by atoms with Crippen LogP contribution in [-0.2, 0) is 14.3 Å². The predicted octanol–water partition coefficient (Wildman–Crippen LogP) is 3.62. The van der Waals surface area contributed by atoms with Gasteiger partial charge < -0.3 is 14.8 Å². The lowest BCUT2D eigenvalue weighted by atomic mass is 10.1. The fourth-order valence-electron chi connectivity index (χ4n) is 2.26. The number of ether oxygens (including phenoxy) is 2. The Morgan fingerprint density at radius 2 is 1.63 bits per heavy atom. The molecule has 0 fully saturated rings. The number of amides is 1. The number of para-hydroxylation sites is 1. The van der Waals surface area contributed by atoms with Crippen molar-refractivity contribution in [3.05, 3.63) is 60.2 Å². The van der Waals surface area contributed by atoms with Crippen molar-refractivity contribution >= 4 is 23.3 Å². The van der Waals surface area contributed by atoms with E-state index >= 15 is 0 Å². The largest absolute Gasteiger partial charge is 0.493 e. The van der Waals surface area contributed by atoms with Gasteiger partial charge in [0, 0.05) is 17.7 Å². The van der Waals surface area contributed by atoms with E-state index in [1.807, 2.05) is 25.1 Å². The van der Waals surface area contributed by atoms with Gasteiger partial charge in [-0.1, -0.05) is 25.1 Å². The van der Waals surface area contributed by atoms with Crippen LogP contribution in [0.1, 0.15) is 36.5 Å². The number of Topliss-reactive ketones (excluding diaryl/α,β-unsaturated/α-hetero) is 1. The topological polar surface area (TPSA) is 81.7 Å². The van der Waals surface area contributed by atoms with Crippen molar-refractivity contribution in [1.82, 2.24) is 0 Å². The van der Waals surface area contributed by atoms with E-state index < -0.39 is 5.97 Å². The molecule has 0 spiro atoms. The summed E-state index contributed by atoms with van der Waals surface area (Å²) in [7, 11) is 0. The van der Waals surface area contributed by atoms with Gasteiger partial charge in [-0.25, -0.2) is 0 Å². The van der Waals surface area contributed by atoms with Gasteiger partial charge in [0.2, 0.25) is 5.91 Å². The molecule has 0 saturated carbocycles. The first-order valence-corrected chi connectivity index (χ1v) is 8.85. The van der Waals surface area contributed by atoms with Gasteiger partial charge in [-0.3, -0.25) is 14.4 Å². The SMILES string of the molecule is CCCC(=O)Nc1ccc(C(=O)COC(=O)CCOc2ccccc2)cc1. The lowest BCUT2D eigenvalue weighted by molar-refractivity contribution is -0.143. The van der Waals surface area contributed by atoms with Crippen molar-refractivity contribution in [2.75, 3.05) is 18.5 Å². The highest BCUT2D eigenvalue weighted by Gasteiger charge is 2.11. The zero-order chi connectivity index (χ0) is 19.5. The molecule has 6 heteroatoms. The molecule has 0 heterocycles. The Labute approximate surface area is 158 Å². The van der Waals surface area contributed by atoms with E-state index in [4.69, 9.17) is 9.47 Å². The minimum Gasteiger partial charge on any atom is -0.493 e. The van der Waals surface area contributed by atoms with Crippen molar-refractivity contribution in [1.29, 1.82) is 0 Å². The van der Waals surface area contributed by atoms with Gasteiger partial charge in [-0.2, -0.15) is 0 Å². The van der Waals surface area contributed by atoms with E-state index in [9.17, 15) is 14.4 Å². The van der Waals surface area contributed by atoms with Gasteiger partial charge in [-0.05, 0) is 42.8 Å². The molecular formula is C21H23NO5.